The van der Waals surface area contributed by atoms with Crippen LogP contribution in [0.2, 0.25) is 0 Å². The van der Waals surface area contributed by atoms with Gasteiger partial charge in [0.1, 0.15) is 12.2 Å². The number of ether oxygens (including phenoxy) is 2. The van der Waals surface area contributed by atoms with E-state index >= 15 is 0 Å². The number of rotatable bonds is 4. The van der Waals surface area contributed by atoms with Crippen LogP contribution in [0.15, 0.2) is 60.7 Å². The second kappa shape index (κ2) is 7.66. The molecule has 3 fully saturated rings. The van der Waals surface area contributed by atoms with Crippen LogP contribution in [-0.2, 0) is 9.47 Å². The number of carbonyl (C=O) groups excluding carboxylic acids is 2. The normalized spacial score (nSPS) is 32.4. The monoisotopic (exact) mass is 390 g/mol. The maximum atomic E-state index is 12.7. The second-order valence-electron chi connectivity index (χ2n) is 8.75. The molecular formula is C25H26O4. The molecule has 6 atom stereocenters. The lowest BCUT2D eigenvalue weighted by atomic mass is 9.69. The Morgan fingerprint density at radius 1 is 0.621 bits per heavy atom. The fourth-order valence-electron chi connectivity index (χ4n) is 5.91. The Bertz CT molecular complexity index is 805. The Kier molecular flexibility index (Phi) is 4.86. The zero-order valence-electron chi connectivity index (χ0n) is 16.4. The van der Waals surface area contributed by atoms with E-state index in [1.165, 1.54) is 19.3 Å². The Hall–Kier alpha value is -2.62. The van der Waals surface area contributed by atoms with E-state index < -0.39 is 0 Å². The summed E-state index contributed by atoms with van der Waals surface area (Å²) in [5, 5.41) is 0. The maximum Gasteiger partial charge on any atom is 0.338 e. The predicted molar refractivity (Wildman–Crippen MR) is 108 cm³/mol. The highest BCUT2D eigenvalue weighted by molar-refractivity contribution is 5.90. The molecule has 0 aromatic heterocycles. The summed E-state index contributed by atoms with van der Waals surface area (Å²) in [5.41, 5.74) is 1.08. The molecule has 2 aromatic rings. The molecule has 0 spiro atoms. The van der Waals surface area contributed by atoms with Crippen LogP contribution in [0.25, 0.3) is 0 Å². The van der Waals surface area contributed by atoms with Crippen LogP contribution in [0, 0.1) is 23.7 Å². The van der Waals surface area contributed by atoms with Crippen LogP contribution in [-0.4, -0.2) is 24.1 Å². The van der Waals surface area contributed by atoms with Gasteiger partial charge in [0.15, 0.2) is 0 Å². The lowest BCUT2D eigenvalue weighted by Gasteiger charge is -2.42. The maximum absolute atomic E-state index is 12.7. The molecular weight excluding hydrogens is 364 g/mol. The van der Waals surface area contributed by atoms with Crippen molar-refractivity contribution >= 4 is 11.9 Å². The number of hydrogen-bond acceptors (Lipinski definition) is 4. The summed E-state index contributed by atoms with van der Waals surface area (Å²) in [4.78, 5) is 25.4. The van der Waals surface area contributed by atoms with E-state index in [0.717, 1.165) is 24.7 Å². The van der Waals surface area contributed by atoms with Crippen molar-refractivity contribution in [1.82, 2.24) is 0 Å². The number of fused-ring (bicyclic) bond motifs is 5. The molecule has 2 bridgehead atoms. The summed E-state index contributed by atoms with van der Waals surface area (Å²) in [7, 11) is 0. The number of carbonyl (C=O) groups is 2. The molecule has 4 nitrogen and oxygen atoms in total. The van der Waals surface area contributed by atoms with Crippen molar-refractivity contribution < 1.29 is 19.1 Å². The van der Waals surface area contributed by atoms with Crippen LogP contribution < -0.4 is 0 Å². The number of hydrogen-bond donors (Lipinski definition) is 0. The van der Waals surface area contributed by atoms with Gasteiger partial charge in [-0.3, -0.25) is 0 Å². The van der Waals surface area contributed by atoms with Gasteiger partial charge >= 0.3 is 11.9 Å². The first-order chi connectivity index (χ1) is 14.2. The second-order valence-corrected chi connectivity index (χ2v) is 8.75. The highest BCUT2D eigenvalue weighted by Gasteiger charge is 2.53. The van der Waals surface area contributed by atoms with Gasteiger partial charge in [0, 0.05) is 0 Å². The van der Waals surface area contributed by atoms with Gasteiger partial charge in [-0.15, -0.1) is 0 Å². The molecule has 0 N–H and O–H groups in total. The average molecular weight is 390 g/mol. The SMILES string of the molecule is O=C(O[C@H]1CC2C3CCC(C3)C2C[C@@H]1OC(=O)c1ccccc1)c1ccccc1. The summed E-state index contributed by atoms with van der Waals surface area (Å²) < 4.78 is 11.9. The van der Waals surface area contributed by atoms with Crippen molar-refractivity contribution in [1.29, 1.82) is 0 Å². The van der Waals surface area contributed by atoms with Gasteiger partial charge in [-0.05, 0) is 80.0 Å². The summed E-state index contributed by atoms with van der Waals surface area (Å²) in [6, 6.07) is 18.1. The molecule has 0 heterocycles. The minimum Gasteiger partial charge on any atom is -0.455 e. The molecule has 4 unspecified atom stereocenters. The minimum absolute atomic E-state index is 0.335. The smallest absolute Gasteiger partial charge is 0.338 e. The minimum atomic E-state index is -0.379. The Balaban J connectivity index is 1.35. The molecule has 2 aromatic carbocycles. The molecule has 0 radical (unpaired) electrons. The molecule has 0 amide bonds. The summed E-state index contributed by atoms with van der Waals surface area (Å²) >= 11 is 0. The van der Waals surface area contributed by atoms with Crippen molar-refractivity contribution in [2.75, 3.05) is 0 Å². The third-order valence-electron chi connectivity index (χ3n) is 7.23. The predicted octanol–water partition coefficient (Wildman–Crippen LogP) is 4.89. The Morgan fingerprint density at radius 3 is 1.45 bits per heavy atom. The number of esters is 2. The Labute approximate surface area is 171 Å². The summed E-state index contributed by atoms with van der Waals surface area (Å²) in [6.45, 7) is 0. The van der Waals surface area contributed by atoms with E-state index in [2.05, 4.69) is 0 Å². The first-order valence-electron chi connectivity index (χ1n) is 10.7. The van der Waals surface area contributed by atoms with Gasteiger partial charge in [-0.25, -0.2) is 9.59 Å². The van der Waals surface area contributed by atoms with Gasteiger partial charge < -0.3 is 9.47 Å². The number of benzene rings is 2. The molecule has 29 heavy (non-hydrogen) atoms. The van der Waals surface area contributed by atoms with Crippen LogP contribution in [0.5, 0.6) is 0 Å². The zero-order chi connectivity index (χ0) is 19.8. The average Bonchev–Trinajstić information content (AvgIpc) is 3.37. The zero-order valence-corrected chi connectivity index (χ0v) is 16.4. The van der Waals surface area contributed by atoms with Gasteiger partial charge in [-0.1, -0.05) is 36.4 Å². The van der Waals surface area contributed by atoms with Crippen molar-refractivity contribution in [3.05, 3.63) is 71.8 Å². The van der Waals surface area contributed by atoms with E-state index in [9.17, 15) is 9.59 Å². The van der Waals surface area contributed by atoms with Gasteiger partial charge in [0.25, 0.3) is 0 Å². The lowest BCUT2D eigenvalue weighted by molar-refractivity contribution is -0.0822. The van der Waals surface area contributed by atoms with Crippen LogP contribution in [0.3, 0.4) is 0 Å². The van der Waals surface area contributed by atoms with Crippen LogP contribution in [0.4, 0.5) is 0 Å². The molecule has 4 heteroatoms. The first-order valence-corrected chi connectivity index (χ1v) is 10.7. The molecule has 5 rings (SSSR count). The molecule has 3 aliphatic carbocycles. The highest BCUT2D eigenvalue weighted by atomic mass is 16.6. The molecule has 3 aliphatic rings. The summed E-state index contributed by atoms with van der Waals surface area (Å²) in [5.74, 6) is 2.00. The first kappa shape index (κ1) is 18.4. The van der Waals surface area contributed by atoms with Crippen LogP contribution >= 0.6 is 0 Å². The van der Waals surface area contributed by atoms with E-state index in [1.54, 1.807) is 24.3 Å². The van der Waals surface area contributed by atoms with E-state index in [1.807, 2.05) is 36.4 Å². The molecule has 0 saturated heterocycles. The third-order valence-corrected chi connectivity index (χ3v) is 7.23. The standard InChI is InChI=1S/C25H26O4/c26-24(16-7-3-1-4-8-16)28-22-14-20-18-11-12-19(13-18)21(20)15-23(22)29-25(27)17-9-5-2-6-10-17/h1-10,18-23H,11-15H2/t18?,19?,20?,21?,22-,23-/m0/s1. The van der Waals surface area contributed by atoms with Crippen LogP contribution in [0.1, 0.15) is 52.8 Å². The van der Waals surface area contributed by atoms with E-state index in [0.29, 0.717) is 23.0 Å². The fraction of sp³-hybridized carbons (Fsp3) is 0.440. The lowest BCUT2D eigenvalue weighted by Crippen LogP contribution is -2.45. The van der Waals surface area contributed by atoms with Crippen molar-refractivity contribution in [3.8, 4) is 0 Å². The summed E-state index contributed by atoms with van der Waals surface area (Å²) in [6.07, 6.45) is 4.72. The Morgan fingerprint density at radius 2 is 1.03 bits per heavy atom. The largest absolute Gasteiger partial charge is 0.455 e. The highest BCUT2D eigenvalue weighted by Crippen LogP contribution is 2.58. The molecule has 0 aliphatic heterocycles. The van der Waals surface area contributed by atoms with Gasteiger partial charge in [0.05, 0.1) is 11.1 Å². The van der Waals surface area contributed by atoms with Gasteiger partial charge in [0.2, 0.25) is 0 Å². The van der Waals surface area contributed by atoms with Crippen molar-refractivity contribution in [2.45, 2.75) is 44.3 Å². The van der Waals surface area contributed by atoms with E-state index in [4.69, 9.17) is 9.47 Å². The van der Waals surface area contributed by atoms with Crippen molar-refractivity contribution in [2.24, 2.45) is 23.7 Å². The van der Waals surface area contributed by atoms with E-state index in [-0.39, 0.29) is 24.1 Å². The third kappa shape index (κ3) is 3.57. The van der Waals surface area contributed by atoms with Crippen molar-refractivity contribution in [3.63, 3.8) is 0 Å². The fourth-order valence-corrected chi connectivity index (χ4v) is 5.91. The molecule has 3 saturated carbocycles. The van der Waals surface area contributed by atoms with Gasteiger partial charge in [-0.2, -0.15) is 0 Å². The topological polar surface area (TPSA) is 52.6 Å². The molecule has 150 valence electrons. The quantitative estimate of drug-likeness (QED) is 0.697.